The molecule has 3 rings (SSSR count). The summed E-state index contributed by atoms with van der Waals surface area (Å²) in [6.07, 6.45) is 3.32. The summed E-state index contributed by atoms with van der Waals surface area (Å²) in [6.45, 7) is 0. The van der Waals surface area contributed by atoms with Gasteiger partial charge in [0.1, 0.15) is 0 Å². The van der Waals surface area contributed by atoms with Crippen LogP contribution >= 0.6 is 12.4 Å². The van der Waals surface area contributed by atoms with Crippen LogP contribution in [0.2, 0.25) is 0 Å². The molecule has 1 aliphatic rings. The Balaban J connectivity index is 0.00000133. The smallest absolute Gasteiger partial charge is 0.0145 e. The van der Waals surface area contributed by atoms with Gasteiger partial charge in [-0.2, -0.15) is 0 Å². The fourth-order valence-electron chi connectivity index (χ4n) is 2.87. The normalized spacial score (nSPS) is 14.6. The molecule has 2 heteroatoms. The van der Waals surface area contributed by atoms with Gasteiger partial charge in [0.15, 0.2) is 0 Å². The fourth-order valence-corrected chi connectivity index (χ4v) is 2.87. The molecule has 0 saturated carbocycles. The van der Waals surface area contributed by atoms with Crippen LogP contribution in [0.5, 0.6) is 0 Å². The van der Waals surface area contributed by atoms with Gasteiger partial charge in [-0.15, -0.1) is 12.4 Å². The number of hydrogen-bond acceptors (Lipinski definition) is 1. The van der Waals surface area contributed by atoms with Crippen LogP contribution < -0.4 is 5.32 Å². The second kappa shape index (κ2) is 6.23. The van der Waals surface area contributed by atoms with Crippen LogP contribution in [-0.2, 0) is 19.3 Å². The summed E-state index contributed by atoms with van der Waals surface area (Å²) in [5, 5.41) is 3.45. The Bertz CT molecular complexity index is 503. The lowest BCUT2D eigenvalue weighted by Gasteiger charge is -2.23. The van der Waals surface area contributed by atoms with Crippen LogP contribution in [-0.4, -0.2) is 13.1 Å². The minimum atomic E-state index is 0. The Morgan fingerprint density at radius 2 is 1.21 bits per heavy atom. The van der Waals surface area contributed by atoms with E-state index in [-0.39, 0.29) is 12.4 Å². The van der Waals surface area contributed by atoms with E-state index in [1.165, 1.54) is 22.3 Å². The molecular weight excluding hydrogens is 254 g/mol. The van der Waals surface area contributed by atoms with Gasteiger partial charge in [-0.1, -0.05) is 48.5 Å². The highest BCUT2D eigenvalue weighted by Crippen LogP contribution is 2.23. The lowest BCUT2D eigenvalue weighted by atomic mass is 9.86. The molecule has 0 spiro atoms. The van der Waals surface area contributed by atoms with E-state index in [4.69, 9.17) is 0 Å². The molecule has 0 aromatic heterocycles. The molecule has 0 bridgehead atoms. The third kappa shape index (κ3) is 2.99. The van der Waals surface area contributed by atoms with Crippen LogP contribution in [0.1, 0.15) is 22.3 Å². The van der Waals surface area contributed by atoms with Crippen molar-refractivity contribution in [1.82, 2.24) is 5.32 Å². The molecule has 2 aromatic rings. The van der Waals surface area contributed by atoms with Gasteiger partial charge in [0.25, 0.3) is 0 Å². The van der Waals surface area contributed by atoms with E-state index >= 15 is 0 Å². The van der Waals surface area contributed by atoms with Crippen LogP contribution in [0, 0.1) is 0 Å². The average Bonchev–Trinajstić information content (AvgIpc) is 2.39. The molecule has 1 aliphatic carbocycles. The van der Waals surface area contributed by atoms with E-state index < -0.39 is 0 Å². The summed E-state index contributed by atoms with van der Waals surface area (Å²) < 4.78 is 0. The number of rotatable bonds is 1. The fraction of sp³-hybridized carbons (Fsp3) is 0.294. The lowest BCUT2D eigenvalue weighted by molar-refractivity contribution is 0.549. The summed E-state index contributed by atoms with van der Waals surface area (Å²) in [5.74, 6) is 0. The Kier molecular flexibility index (Phi) is 4.62. The van der Waals surface area contributed by atoms with Crippen LogP contribution in [0.3, 0.4) is 0 Å². The zero-order valence-corrected chi connectivity index (χ0v) is 12.0. The van der Waals surface area contributed by atoms with Gasteiger partial charge in [0, 0.05) is 6.04 Å². The van der Waals surface area contributed by atoms with Crippen molar-refractivity contribution in [1.29, 1.82) is 0 Å². The first-order valence-electron chi connectivity index (χ1n) is 6.67. The Morgan fingerprint density at radius 3 is 1.63 bits per heavy atom. The maximum atomic E-state index is 3.45. The molecule has 0 saturated heterocycles. The van der Waals surface area contributed by atoms with Crippen molar-refractivity contribution >= 4 is 12.4 Å². The van der Waals surface area contributed by atoms with E-state index in [1.807, 2.05) is 0 Å². The molecule has 19 heavy (non-hydrogen) atoms. The highest BCUT2D eigenvalue weighted by Gasteiger charge is 2.16. The average molecular weight is 274 g/mol. The largest absolute Gasteiger partial charge is 0.316 e. The van der Waals surface area contributed by atoms with Crippen molar-refractivity contribution in [2.24, 2.45) is 0 Å². The molecule has 0 heterocycles. The standard InChI is InChI=1S/C17H19N.ClH/c1-18-17-11-15-8-4-2-6-13(15)10-14-7-3-5-9-16(14)12-17;/h2-9,17-18H,10-12H2,1H3;1H. The number of likely N-dealkylation sites (N-methyl/N-ethyl adjacent to an activating group) is 1. The first-order chi connectivity index (χ1) is 8.86. The van der Waals surface area contributed by atoms with Gasteiger partial charge in [-0.05, 0) is 48.6 Å². The summed E-state index contributed by atoms with van der Waals surface area (Å²) in [4.78, 5) is 0. The first kappa shape index (κ1) is 14.1. The predicted octanol–water partition coefficient (Wildman–Crippen LogP) is 3.39. The molecule has 2 aromatic carbocycles. The summed E-state index contributed by atoms with van der Waals surface area (Å²) in [6, 6.07) is 18.2. The van der Waals surface area contributed by atoms with E-state index in [9.17, 15) is 0 Å². The Hall–Kier alpha value is -1.31. The number of nitrogens with one attached hydrogen (secondary N) is 1. The molecule has 1 N–H and O–H groups in total. The van der Waals surface area contributed by atoms with Gasteiger partial charge in [-0.3, -0.25) is 0 Å². The molecule has 0 unspecified atom stereocenters. The summed E-state index contributed by atoms with van der Waals surface area (Å²) in [7, 11) is 2.07. The molecule has 100 valence electrons. The maximum absolute atomic E-state index is 3.45. The van der Waals surface area contributed by atoms with Crippen molar-refractivity contribution in [3.63, 3.8) is 0 Å². The van der Waals surface area contributed by atoms with Crippen LogP contribution in [0.15, 0.2) is 48.5 Å². The van der Waals surface area contributed by atoms with Crippen molar-refractivity contribution in [3.8, 4) is 0 Å². The zero-order valence-electron chi connectivity index (χ0n) is 11.2. The number of fused-ring (bicyclic) bond motifs is 2. The molecular formula is C17H20ClN. The molecule has 0 atom stereocenters. The van der Waals surface area contributed by atoms with Gasteiger partial charge in [-0.25, -0.2) is 0 Å². The molecule has 0 amide bonds. The molecule has 0 aliphatic heterocycles. The van der Waals surface area contributed by atoms with E-state index in [2.05, 4.69) is 60.9 Å². The Morgan fingerprint density at radius 1 is 0.789 bits per heavy atom. The van der Waals surface area contributed by atoms with Crippen molar-refractivity contribution in [2.75, 3.05) is 7.05 Å². The summed E-state index contributed by atoms with van der Waals surface area (Å²) in [5.41, 5.74) is 5.94. The highest BCUT2D eigenvalue weighted by atomic mass is 35.5. The maximum Gasteiger partial charge on any atom is 0.0145 e. The summed E-state index contributed by atoms with van der Waals surface area (Å²) >= 11 is 0. The third-order valence-corrected chi connectivity index (χ3v) is 3.96. The van der Waals surface area contributed by atoms with E-state index in [0.717, 1.165) is 19.3 Å². The van der Waals surface area contributed by atoms with Crippen molar-refractivity contribution in [3.05, 3.63) is 70.8 Å². The zero-order chi connectivity index (χ0) is 12.4. The minimum absolute atomic E-state index is 0. The quantitative estimate of drug-likeness (QED) is 0.840. The van der Waals surface area contributed by atoms with Gasteiger partial charge in [0.2, 0.25) is 0 Å². The lowest BCUT2D eigenvalue weighted by Crippen LogP contribution is -2.31. The van der Waals surface area contributed by atoms with Gasteiger partial charge in [0.05, 0.1) is 0 Å². The van der Waals surface area contributed by atoms with Crippen LogP contribution in [0.25, 0.3) is 0 Å². The van der Waals surface area contributed by atoms with E-state index in [0.29, 0.717) is 6.04 Å². The van der Waals surface area contributed by atoms with Gasteiger partial charge < -0.3 is 5.32 Å². The second-order valence-electron chi connectivity index (χ2n) is 5.11. The molecule has 0 fully saturated rings. The topological polar surface area (TPSA) is 12.0 Å². The third-order valence-electron chi connectivity index (χ3n) is 3.96. The Labute approximate surface area is 121 Å². The SMILES string of the molecule is CNC1Cc2ccccc2Cc2ccccc2C1.Cl. The molecule has 0 radical (unpaired) electrons. The number of benzene rings is 2. The second-order valence-corrected chi connectivity index (χ2v) is 5.11. The van der Waals surface area contributed by atoms with Gasteiger partial charge >= 0.3 is 0 Å². The minimum Gasteiger partial charge on any atom is -0.316 e. The van der Waals surface area contributed by atoms with Crippen LogP contribution in [0.4, 0.5) is 0 Å². The van der Waals surface area contributed by atoms with Crippen molar-refractivity contribution < 1.29 is 0 Å². The van der Waals surface area contributed by atoms with E-state index in [1.54, 1.807) is 0 Å². The van der Waals surface area contributed by atoms with Crippen molar-refractivity contribution in [2.45, 2.75) is 25.3 Å². The number of hydrogen-bond donors (Lipinski definition) is 1. The molecule has 1 nitrogen and oxygen atoms in total. The number of halogens is 1. The highest BCUT2D eigenvalue weighted by molar-refractivity contribution is 5.85. The predicted molar refractivity (Wildman–Crippen MR) is 83.2 cm³/mol. The monoisotopic (exact) mass is 273 g/mol. The first-order valence-corrected chi connectivity index (χ1v) is 6.67.